The third-order valence-corrected chi connectivity index (χ3v) is 4.44. The summed E-state index contributed by atoms with van der Waals surface area (Å²) in [6, 6.07) is 15.4. The molecule has 0 radical (unpaired) electrons. The molecule has 0 saturated carbocycles. The number of hydrogen-bond donors (Lipinski definition) is 1. The van der Waals surface area contributed by atoms with Crippen molar-refractivity contribution in [2.24, 2.45) is 0 Å². The Balaban J connectivity index is 1.59. The van der Waals surface area contributed by atoms with E-state index in [4.69, 9.17) is 16.3 Å². The van der Waals surface area contributed by atoms with Gasteiger partial charge in [-0.1, -0.05) is 11.6 Å². The van der Waals surface area contributed by atoms with E-state index in [0.717, 1.165) is 33.6 Å². The van der Waals surface area contributed by atoms with E-state index in [1.807, 2.05) is 49.4 Å². The number of ether oxygens (including phenoxy) is 1. The first kappa shape index (κ1) is 17.2. The molecule has 0 fully saturated rings. The van der Waals surface area contributed by atoms with Crippen LogP contribution in [0.1, 0.15) is 18.6 Å². The maximum Gasteiger partial charge on any atom is 0.138 e. The van der Waals surface area contributed by atoms with Gasteiger partial charge in [0.15, 0.2) is 0 Å². The van der Waals surface area contributed by atoms with Crippen LogP contribution in [-0.4, -0.2) is 15.0 Å². The van der Waals surface area contributed by atoms with E-state index in [-0.39, 0.29) is 6.10 Å². The molecule has 0 amide bonds. The van der Waals surface area contributed by atoms with Crippen molar-refractivity contribution in [2.45, 2.75) is 13.0 Å². The van der Waals surface area contributed by atoms with Gasteiger partial charge in [-0.3, -0.25) is 4.98 Å². The fourth-order valence-corrected chi connectivity index (χ4v) is 2.93. The minimum absolute atomic E-state index is 0.0648. The summed E-state index contributed by atoms with van der Waals surface area (Å²) in [7, 11) is 0. The monoisotopic (exact) mass is 376 g/mol. The highest BCUT2D eigenvalue weighted by Gasteiger charge is 2.09. The molecule has 4 aromatic rings. The summed E-state index contributed by atoms with van der Waals surface area (Å²) in [5, 5.41) is 5.77. The van der Waals surface area contributed by atoms with Crippen LogP contribution in [-0.2, 0) is 0 Å². The van der Waals surface area contributed by atoms with Crippen molar-refractivity contribution in [1.82, 2.24) is 15.0 Å². The van der Waals surface area contributed by atoms with Gasteiger partial charge in [0.25, 0.3) is 0 Å². The topological polar surface area (TPSA) is 59.9 Å². The number of fused-ring (bicyclic) bond motifs is 1. The fraction of sp³-hybridized carbons (Fsp3) is 0.0952. The quantitative estimate of drug-likeness (QED) is 0.462. The lowest BCUT2D eigenvalue weighted by Crippen LogP contribution is -2.03. The first-order chi connectivity index (χ1) is 13.2. The molecule has 1 unspecified atom stereocenters. The number of benzene rings is 1. The van der Waals surface area contributed by atoms with Gasteiger partial charge >= 0.3 is 0 Å². The molecule has 0 aliphatic rings. The highest BCUT2D eigenvalue weighted by molar-refractivity contribution is 6.29. The minimum Gasteiger partial charge on any atom is -0.486 e. The molecule has 134 valence electrons. The van der Waals surface area contributed by atoms with Crippen LogP contribution >= 0.6 is 11.6 Å². The first-order valence-corrected chi connectivity index (χ1v) is 8.91. The molecule has 6 heteroatoms. The Morgan fingerprint density at radius 1 is 0.963 bits per heavy atom. The number of hydrogen-bond acceptors (Lipinski definition) is 5. The predicted molar refractivity (Wildman–Crippen MR) is 108 cm³/mol. The lowest BCUT2D eigenvalue weighted by molar-refractivity contribution is 0.227. The van der Waals surface area contributed by atoms with Crippen molar-refractivity contribution in [3.8, 4) is 5.75 Å². The summed E-state index contributed by atoms with van der Waals surface area (Å²) >= 11 is 5.84. The molecule has 4 rings (SSSR count). The van der Waals surface area contributed by atoms with Gasteiger partial charge in [0.1, 0.15) is 22.8 Å². The van der Waals surface area contributed by atoms with Crippen LogP contribution in [0, 0.1) is 0 Å². The standard InChI is InChI=1S/C21H17ClN4O/c1-14(15-6-9-23-10-7-15)27-18-3-4-19-16(12-18)8-11-24-21(19)26-17-2-5-20(22)25-13-17/h2-14H,1H3,(H,24,26). The molecule has 0 aliphatic carbocycles. The Hall–Kier alpha value is -3.18. The van der Waals surface area contributed by atoms with Gasteiger partial charge in [-0.15, -0.1) is 0 Å². The molecule has 0 aliphatic heterocycles. The Kier molecular flexibility index (Phi) is 4.85. The number of anilines is 2. The molecule has 3 heterocycles. The van der Waals surface area contributed by atoms with Gasteiger partial charge in [-0.2, -0.15) is 0 Å². The molecular weight excluding hydrogens is 360 g/mol. The normalized spacial score (nSPS) is 11.9. The van der Waals surface area contributed by atoms with E-state index in [9.17, 15) is 0 Å². The maximum atomic E-state index is 6.09. The predicted octanol–water partition coefficient (Wildman–Crippen LogP) is 5.56. The van der Waals surface area contributed by atoms with Crippen LogP contribution in [0.25, 0.3) is 10.8 Å². The summed E-state index contributed by atoms with van der Waals surface area (Å²) in [4.78, 5) is 12.6. The fourth-order valence-electron chi connectivity index (χ4n) is 2.82. The number of pyridine rings is 3. The van der Waals surface area contributed by atoms with Crippen LogP contribution < -0.4 is 10.1 Å². The van der Waals surface area contributed by atoms with Crippen LogP contribution in [0.5, 0.6) is 5.75 Å². The van der Waals surface area contributed by atoms with Gasteiger partial charge in [0.05, 0.1) is 11.9 Å². The second-order valence-electron chi connectivity index (χ2n) is 6.08. The molecule has 0 spiro atoms. The summed E-state index contributed by atoms with van der Waals surface area (Å²) < 4.78 is 6.09. The number of aromatic nitrogens is 3. The number of halogens is 1. The van der Waals surface area contributed by atoms with E-state index >= 15 is 0 Å². The third-order valence-electron chi connectivity index (χ3n) is 4.21. The van der Waals surface area contributed by atoms with Crippen LogP contribution in [0.3, 0.4) is 0 Å². The van der Waals surface area contributed by atoms with Gasteiger partial charge < -0.3 is 10.1 Å². The zero-order valence-corrected chi connectivity index (χ0v) is 15.4. The smallest absolute Gasteiger partial charge is 0.138 e. The van der Waals surface area contributed by atoms with Gasteiger partial charge in [0.2, 0.25) is 0 Å². The van der Waals surface area contributed by atoms with Gasteiger partial charge in [-0.05, 0) is 66.4 Å². The van der Waals surface area contributed by atoms with Crippen molar-refractivity contribution in [3.05, 3.63) is 84.0 Å². The van der Waals surface area contributed by atoms with Crippen molar-refractivity contribution in [1.29, 1.82) is 0 Å². The Morgan fingerprint density at radius 2 is 1.81 bits per heavy atom. The van der Waals surface area contributed by atoms with E-state index in [1.54, 1.807) is 30.9 Å². The van der Waals surface area contributed by atoms with E-state index in [2.05, 4.69) is 20.3 Å². The first-order valence-electron chi connectivity index (χ1n) is 8.53. The molecular formula is C21H17ClN4O. The highest BCUT2D eigenvalue weighted by Crippen LogP contribution is 2.29. The summed E-state index contributed by atoms with van der Waals surface area (Å²) in [6.45, 7) is 2.02. The average Bonchev–Trinajstić information content (AvgIpc) is 2.70. The summed E-state index contributed by atoms with van der Waals surface area (Å²) in [5.74, 6) is 1.56. The summed E-state index contributed by atoms with van der Waals surface area (Å²) in [6.07, 6.45) is 6.92. The van der Waals surface area contributed by atoms with Crippen molar-refractivity contribution >= 4 is 33.9 Å². The largest absolute Gasteiger partial charge is 0.486 e. The van der Waals surface area contributed by atoms with Crippen molar-refractivity contribution < 1.29 is 4.74 Å². The molecule has 1 atom stereocenters. The minimum atomic E-state index is -0.0648. The van der Waals surface area contributed by atoms with Crippen LogP contribution in [0.2, 0.25) is 5.15 Å². The van der Waals surface area contributed by atoms with E-state index in [1.165, 1.54) is 0 Å². The molecule has 27 heavy (non-hydrogen) atoms. The average molecular weight is 377 g/mol. The number of nitrogens with one attached hydrogen (secondary N) is 1. The zero-order chi connectivity index (χ0) is 18.6. The lowest BCUT2D eigenvalue weighted by atomic mass is 10.1. The van der Waals surface area contributed by atoms with Crippen molar-refractivity contribution in [2.75, 3.05) is 5.32 Å². The Bertz CT molecular complexity index is 1050. The highest BCUT2D eigenvalue weighted by atomic mass is 35.5. The SMILES string of the molecule is CC(Oc1ccc2c(Nc3ccc(Cl)nc3)nccc2c1)c1ccncc1. The summed E-state index contributed by atoms with van der Waals surface area (Å²) in [5.41, 5.74) is 1.91. The Morgan fingerprint density at radius 3 is 2.59 bits per heavy atom. The van der Waals surface area contributed by atoms with Crippen molar-refractivity contribution in [3.63, 3.8) is 0 Å². The second-order valence-corrected chi connectivity index (χ2v) is 6.46. The van der Waals surface area contributed by atoms with Crippen LogP contribution in [0.15, 0.2) is 73.3 Å². The third kappa shape index (κ3) is 3.99. The maximum absolute atomic E-state index is 6.09. The molecule has 1 aromatic carbocycles. The molecule has 1 N–H and O–H groups in total. The van der Waals surface area contributed by atoms with E-state index < -0.39 is 0 Å². The molecule has 5 nitrogen and oxygen atoms in total. The Labute approximate surface area is 162 Å². The van der Waals surface area contributed by atoms with Gasteiger partial charge in [0, 0.05) is 24.0 Å². The second kappa shape index (κ2) is 7.60. The lowest BCUT2D eigenvalue weighted by Gasteiger charge is -2.16. The molecule has 0 bridgehead atoms. The van der Waals surface area contributed by atoms with Crippen LogP contribution in [0.4, 0.5) is 11.5 Å². The van der Waals surface area contributed by atoms with Gasteiger partial charge in [-0.25, -0.2) is 9.97 Å². The number of nitrogens with zero attached hydrogens (tertiary/aromatic N) is 3. The molecule has 0 saturated heterocycles. The number of rotatable bonds is 5. The van der Waals surface area contributed by atoms with E-state index in [0.29, 0.717) is 5.15 Å². The zero-order valence-electron chi connectivity index (χ0n) is 14.6. The molecule has 3 aromatic heterocycles.